The predicted octanol–water partition coefficient (Wildman–Crippen LogP) is 3.71. The average Bonchev–Trinajstić information content (AvgIpc) is 2.42. The van der Waals surface area contributed by atoms with Crippen LogP contribution in [-0.2, 0) is 0 Å². The number of amides is 1. The van der Waals surface area contributed by atoms with Gasteiger partial charge in [0.1, 0.15) is 11.6 Å². The van der Waals surface area contributed by atoms with Crippen molar-refractivity contribution in [1.82, 2.24) is 5.43 Å². The van der Waals surface area contributed by atoms with Crippen LogP contribution in [0.15, 0.2) is 46.0 Å². The summed E-state index contributed by atoms with van der Waals surface area (Å²) in [5.74, 6) is -1.44. The second-order valence-electron chi connectivity index (χ2n) is 4.03. The van der Waals surface area contributed by atoms with Crippen LogP contribution in [0.2, 0.25) is 5.02 Å². The van der Waals surface area contributed by atoms with Crippen molar-refractivity contribution in [1.29, 1.82) is 0 Å². The minimum atomic E-state index is -0.736. The minimum Gasteiger partial charge on any atom is -0.507 e. The standard InChI is InChI=1S/C14H9BrClFN2O2/c15-9-1-4-13(20)8(5-9)7-18-19-14(21)11-3-2-10(16)6-12(11)17/h1-7,20H,(H,19,21)/b18-7+. The summed E-state index contributed by atoms with van der Waals surface area (Å²) in [6.07, 6.45) is 1.26. The lowest BCUT2D eigenvalue weighted by Gasteiger charge is -2.02. The van der Waals surface area contributed by atoms with Crippen molar-refractivity contribution in [3.05, 3.63) is 62.8 Å². The fraction of sp³-hybridized carbons (Fsp3) is 0. The highest BCUT2D eigenvalue weighted by Crippen LogP contribution is 2.20. The minimum absolute atomic E-state index is 0.00822. The molecule has 0 saturated heterocycles. The van der Waals surface area contributed by atoms with Crippen LogP contribution in [0.1, 0.15) is 15.9 Å². The zero-order valence-corrected chi connectivity index (χ0v) is 12.8. The largest absolute Gasteiger partial charge is 0.507 e. The van der Waals surface area contributed by atoms with E-state index in [1.165, 1.54) is 24.4 Å². The number of hydrogen-bond acceptors (Lipinski definition) is 3. The molecule has 7 heteroatoms. The molecule has 0 bridgehead atoms. The molecule has 0 aromatic heterocycles. The van der Waals surface area contributed by atoms with Crippen LogP contribution >= 0.6 is 27.5 Å². The molecular weight excluding hydrogens is 363 g/mol. The lowest BCUT2D eigenvalue weighted by molar-refractivity contribution is 0.0951. The van der Waals surface area contributed by atoms with Crippen LogP contribution in [0.25, 0.3) is 0 Å². The summed E-state index contributed by atoms with van der Waals surface area (Å²) in [4.78, 5) is 11.7. The van der Waals surface area contributed by atoms with Gasteiger partial charge in [-0.05, 0) is 36.4 Å². The molecule has 0 aliphatic rings. The zero-order valence-electron chi connectivity index (χ0n) is 10.5. The van der Waals surface area contributed by atoms with Gasteiger partial charge in [0.05, 0.1) is 11.8 Å². The summed E-state index contributed by atoms with van der Waals surface area (Å²) in [6, 6.07) is 8.47. The van der Waals surface area contributed by atoms with Crippen LogP contribution in [0, 0.1) is 5.82 Å². The monoisotopic (exact) mass is 370 g/mol. The molecule has 2 N–H and O–H groups in total. The average molecular weight is 372 g/mol. The highest BCUT2D eigenvalue weighted by Gasteiger charge is 2.11. The van der Waals surface area contributed by atoms with Crippen LogP contribution < -0.4 is 5.43 Å². The summed E-state index contributed by atoms with van der Waals surface area (Å²) in [5, 5.41) is 13.5. The van der Waals surface area contributed by atoms with E-state index in [0.717, 1.165) is 10.5 Å². The molecule has 0 aliphatic carbocycles. The highest BCUT2D eigenvalue weighted by atomic mass is 79.9. The Kier molecular flexibility index (Phi) is 4.93. The maximum absolute atomic E-state index is 13.5. The molecule has 0 fully saturated rings. The summed E-state index contributed by atoms with van der Waals surface area (Å²) < 4.78 is 14.3. The number of benzene rings is 2. The van der Waals surface area contributed by atoms with Gasteiger partial charge in [0.15, 0.2) is 0 Å². The van der Waals surface area contributed by atoms with Gasteiger partial charge in [-0.1, -0.05) is 27.5 Å². The Morgan fingerprint density at radius 1 is 1.33 bits per heavy atom. The fourth-order valence-corrected chi connectivity index (χ4v) is 2.06. The van der Waals surface area contributed by atoms with Crippen molar-refractivity contribution in [2.24, 2.45) is 5.10 Å². The van der Waals surface area contributed by atoms with Crippen molar-refractivity contribution in [3.63, 3.8) is 0 Å². The first kappa shape index (κ1) is 15.5. The smallest absolute Gasteiger partial charge is 0.274 e. The molecule has 4 nitrogen and oxygen atoms in total. The molecule has 0 spiro atoms. The fourth-order valence-electron chi connectivity index (χ4n) is 1.52. The maximum Gasteiger partial charge on any atom is 0.274 e. The van der Waals surface area contributed by atoms with Gasteiger partial charge >= 0.3 is 0 Å². The summed E-state index contributed by atoms with van der Waals surface area (Å²) in [7, 11) is 0. The third-order valence-corrected chi connectivity index (χ3v) is 3.26. The Hall–Kier alpha value is -1.92. The van der Waals surface area contributed by atoms with E-state index in [2.05, 4.69) is 26.5 Å². The van der Waals surface area contributed by atoms with E-state index in [-0.39, 0.29) is 16.3 Å². The molecule has 2 aromatic rings. The number of nitrogens with one attached hydrogen (secondary N) is 1. The van der Waals surface area contributed by atoms with E-state index >= 15 is 0 Å². The van der Waals surface area contributed by atoms with Crippen molar-refractivity contribution in [2.75, 3.05) is 0 Å². The maximum atomic E-state index is 13.5. The molecule has 2 rings (SSSR count). The van der Waals surface area contributed by atoms with Crippen molar-refractivity contribution < 1.29 is 14.3 Å². The molecule has 108 valence electrons. The Morgan fingerprint density at radius 2 is 2.10 bits per heavy atom. The van der Waals surface area contributed by atoms with Gasteiger partial charge in [0.25, 0.3) is 5.91 Å². The van der Waals surface area contributed by atoms with Gasteiger partial charge in [0, 0.05) is 15.1 Å². The number of phenolic OH excluding ortho intramolecular Hbond substituents is 1. The molecular formula is C14H9BrClFN2O2. The zero-order chi connectivity index (χ0) is 15.4. The molecule has 0 aliphatic heterocycles. The number of hydrazone groups is 1. The molecule has 0 radical (unpaired) electrons. The van der Waals surface area contributed by atoms with E-state index in [9.17, 15) is 14.3 Å². The number of carbonyl (C=O) groups is 1. The van der Waals surface area contributed by atoms with E-state index in [1.807, 2.05) is 0 Å². The molecule has 0 unspecified atom stereocenters. The van der Waals surface area contributed by atoms with Crippen LogP contribution in [0.3, 0.4) is 0 Å². The van der Waals surface area contributed by atoms with Gasteiger partial charge in [-0.3, -0.25) is 4.79 Å². The first-order valence-electron chi connectivity index (χ1n) is 5.74. The number of rotatable bonds is 3. The van der Waals surface area contributed by atoms with Crippen LogP contribution in [-0.4, -0.2) is 17.2 Å². The van der Waals surface area contributed by atoms with E-state index in [1.54, 1.807) is 12.1 Å². The molecule has 2 aromatic carbocycles. The summed E-state index contributed by atoms with van der Waals surface area (Å²) >= 11 is 8.85. The third kappa shape index (κ3) is 4.03. The first-order valence-corrected chi connectivity index (χ1v) is 6.91. The Labute approximate surface area is 133 Å². The molecule has 1 amide bonds. The highest BCUT2D eigenvalue weighted by molar-refractivity contribution is 9.10. The number of nitrogens with zero attached hydrogens (tertiary/aromatic N) is 1. The van der Waals surface area contributed by atoms with E-state index in [4.69, 9.17) is 11.6 Å². The SMILES string of the molecule is O=C(N/N=C/c1cc(Br)ccc1O)c1ccc(Cl)cc1F. The van der Waals surface area contributed by atoms with Crippen molar-refractivity contribution in [2.45, 2.75) is 0 Å². The number of aromatic hydroxyl groups is 1. The molecule has 0 saturated carbocycles. The Morgan fingerprint density at radius 3 is 2.81 bits per heavy atom. The lowest BCUT2D eigenvalue weighted by atomic mass is 10.2. The lowest BCUT2D eigenvalue weighted by Crippen LogP contribution is -2.19. The number of halogens is 3. The second kappa shape index (κ2) is 6.69. The summed E-state index contributed by atoms with van der Waals surface area (Å²) in [5.41, 5.74) is 2.41. The first-order chi connectivity index (χ1) is 9.97. The van der Waals surface area contributed by atoms with Gasteiger partial charge in [-0.15, -0.1) is 0 Å². The second-order valence-corrected chi connectivity index (χ2v) is 5.38. The van der Waals surface area contributed by atoms with Gasteiger partial charge in [-0.25, -0.2) is 9.82 Å². The summed E-state index contributed by atoms with van der Waals surface area (Å²) in [6.45, 7) is 0. The van der Waals surface area contributed by atoms with Gasteiger partial charge in [-0.2, -0.15) is 5.10 Å². The predicted molar refractivity (Wildman–Crippen MR) is 82.3 cm³/mol. The number of carbonyl (C=O) groups excluding carboxylic acids is 1. The van der Waals surface area contributed by atoms with E-state index < -0.39 is 11.7 Å². The number of hydrogen-bond donors (Lipinski definition) is 2. The van der Waals surface area contributed by atoms with Gasteiger partial charge < -0.3 is 5.11 Å². The quantitative estimate of drug-likeness (QED) is 0.638. The molecule has 0 heterocycles. The van der Waals surface area contributed by atoms with Crippen molar-refractivity contribution >= 4 is 39.7 Å². The van der Waals surface area contributed by atoms with Crippen LogP contribution in [0.4, 0.5) is 4.39 Å². The third-order valence-electron chi connectivity index (χ3n) is 2.54. The normalized spacial score (nSPS) is 10.8. The molecule has 0 atom stereocenters. The number of phenols is 1. The van der Waals surface area contributed by atoms with Gasteiger partial charge in [0.2, 0.25) is 0 Å². The topological polar surface area (TPSA) is 61.7 Å². The Balaban J connectivity index is 2.10. The van der Waals surface area contributed by atoms with E-state index in [0.29, 0.717) is 5.56 Å². The Bertz CT molecular complexity index is 722. The molecule has 21 heavy (non-hydrogen) atoms. The van der Waals surface area contributed by atoms with Crippen LogP contribution in [0.5, 0.6) is 5.75 Å². The van der Waals surface area contributed by atoms with Crippen molar-refractivity contribution in [3.8, 4) is 5.75 Å².